The number of nitrogens with zero attached hydrogens (tertiary/aromatic N) is 3. The number of hydrogen-bond donors (Lipinski definition) is 0. The van der Waals surface area contributed by atoms with Crippen molar-refractivity contribution in [2.45, 2.75) is 13.0 Å². The van der Waals surface area contributed by atoms with Gasteiger partial charge in [-0.2, -0.15) is 0 Å². The Labute approximate surface area is 121 Å². The Bertz CT molecular complexity index is 594. The molecule has 5 heteroatoms. The summed E-state index contributed by atoms with van der Waals surface area (Å²) in [6.45, 7) is 2.00. The molecule has 1 amide bonds. The van der Waals surface area contributed by atoms with Crippen LogP contribution in [0.25, 0.3) is 0 Å². The molecule has 1 aromatic heterocycles. The van der Waals surface area contributed by atoms with Gasteiger partial charge in [0.15, 0.2) is 0 Å². The van der Waals surface area contributed by atoms with Crippen molar-refractivity contribution in [3.63, 3.8) is 0 Å². The Morgan fingerprint density at radius 1 is 1.42 bits per heavy atom. The zero-order valence-corrected chi connectivity index (χ0v) is 12.8. The molecule has 2 rings (SSSR count). The molecule has 0 bridgehead atoms. The van der Waals surface area contributed by atoms with Gasteiger partial charge in [0.1, 0.15) is 5.69 Å². The Kier molecular flexibility index (Phi) is 4.04. The molecule has 100 valence electrons. The maximum atomic E-state index is 12.3. The summed E-state index contributed by atoms with van der Waals surface area (Å²) in [5, 5.41) is 0. The van der Waals surface area contributed by atoms with Crippen LogP contribution in [0.1, 0.15) is 29.0 Å². The zero-order chi connectivity index (χ0) is 14.0. The van der Waals surface area contributed by atoms with Crippen LogP contribution < -0.4 is 0 Å². The van der Waals surface area contributed by atoms with Crippen LogP contribution in [0.2, 0.25) is 0 Å². The van der Waals surface area contributed by atoms with E-state index >= 15 is 0 Å². The molecular formula is C14H16BrN3O. The first-order valence-electron chi connectivity index (χ1n) is 6.00. The first-order valence-corrected chi connectivity index (χ1v) is 6.79. The molecule has 0 fully saturated rings. The summed E-state index contributed by atoms with van der Waals surface area (Å²) in [6, 6.07) is 7.89. The van der Waals surface area contributed by atoms with Crippen molar-refractivity contribution in [3.05, 3.63) is 52.5 Å². The van der Waals surface area contributed by atoms with Gasteiger partial charge in [0.25, 0.3) is 5.91 Å². The largest absolute Gasteiger partial charge is 0.340 e. The summed E-state index contributed by atoms with van der Waals surface area (Å²) in [4.78, 5) is 18.1. The van der Waals surface area contributed by atoms with Crippen LogP contribution in [0.15, 0.2) is 41.3 Å². The highest BCUT2D eigenvalue weighted by molar-refractivity contribution is 9.10. The third-order valence-electron chi connectivity index (χ3n) is 3.18. The molecule has 0 N–H and O–H groups in total. The minimum absolute atomic E-state index is 0.0231. The number of hydrogen-bond acceptors (Lipinski definition) is 2. The van der Waals surface area contributed by atoms with Gasteiger partial charge < -0.3 is 9.47 Å². The van der Waals surface area contributed by atoms with Crippen LogP contribution in [0.4, 0.5) is 0 Å². The van der Waals surface area contributed by atoms with E-state index in [1.165, 1.54) is 0 Å². The molecule has 0 saturated carbocycles. The summed E-state index contributed by atoms with van der Waals surface area (Å²) in [7, 11) is 3.64. The minimum atomic E-state index is -0.0798. The molecule has 0 saturated heterocycles. The van der Waals surface area contributed by atoms with Gasteiger partial charge in [-0.25, -0.2) is 4.98 Å². The second kappa shape index (κ2) is 5.57. The van der Waals surface area contributed by atoms with Gasteiger partial charge in [0, 0.05) is 24.8 Å². The minimum Gasteiger partial charge on any atom is -0.340 e. The second-order valence-electron chi connectivity index (χ2n) is 4.54. The maximum Gasteiger partial charge on any atom is 0.274 e. The molecule has 2 aromatic rings. The average Bonchev–Trinajstić information content (AvgIpc) is 2.83. The van der Waals surface area contributed by atoms with E-state index in [-0.39, 0.29) is 11.9 Å². The number of benzene rings is 1. The third-order valence-corrected chi connectivity index (χ3v) is 3.90. The highest BCUT2D eigenvalue weighted by Gasteiger charge is 2.21. The summed E-state index contributed by atoms with van der Waals surface area (Å²) >= 11 is 3.52. The van der Waals surface area contributed by atoms with E-state index in [9.17, 15) is 4.79 Å². The van der Waals surface area contributed by atoms with Gasteiger partial charge >= 0.3 is 0 Å². The van der Waals surface area contributed by atoms with Crippen molar-refractivity contribution in [2.24, 2.45) is 7.05 Å². The molecule has 4 nitrogen and oxygen atoms in total. The van der Waals surface area contributed by atoms with Crippen molar-refractivity contribution in [3.8, 4) is 0 Å². The SMILES string of the molecule is C[C@@H](c1ccccc1Br)N(C)C(=O)c1cn(C)cn1. The molecule has 0 radical (unpaired) electrons. The third kappa shape index (κ3) is 2.87. The van der Waals surface area contributed by atoms with Crippen LogP contribution in [-0.4, -0.2) is 27.4 Å². The Hall–Kier alpha value is -1.62. The van der Waals surface area contributed by atoms with Gasteiger partial charge in [0.05, 0.1) is 12.4 Å². The van der Waals surface area contributed by atoms with Gasteiger partial charge in [0.2, 0.25) is 0 Å². The molecule has 1 atom stereocenters. The molecule has 0 aliphatic rings. The number of halogens is 1. The van der Waals surface area contributed by atoms with Gasteiger partial charge in [-0.05, 0) is 18.6 Å². The highest BCUT2D eigenvalue weighted by Crippen LogP contribution is 2.27. The van der Waals surface area contributed by atoms with Crippen molar-refractivity contribution >= 4 is 21.8 Å². The topological polar surface area (TPSA) is 38.1 Å². The Morgan fingerprint density at radius 2 is 2.11 bits per heavy atom. The number of carbonyl (C=O) groups excluding carboxylic acids is 1. The monoisotopic (exact) mass is 321 g/mol. The van der Waals surface area contributed by atoms with Gasteiger partial charge in [-0.1, -0.05) is 34.1 Å². The molecule has 1 aromatic carbocycles. The van der Waals surface area contributed by atoms with Crippen LogP contribution in [0, 0.1) is 0 Å². The fourth-order valence-electron chi connectivity index (χ4n) is 1.90. The fraction of sp³-hybridized carbons (Fsp3) is 0.286. The van der Waals surface area contributed by atoms with Crippen LogP contribution in [-0.2, 0) is 7.05 Å². The molecule has 19 heavy (non-hydrogen) atoms. The van der Waals surface area contributed by atoms with Crippen molar-refractivity contribution in [1.82, 2.24) is 14.5 Å². The smallest absolute Gasteiger partial charge is 0.274 e. The van der Waals surface area contributed by atoms with E-state index in [4.69, 9.17) is 0 Å². The summed E-state index contributed by atoms with van der Waals surface area (Å²) in [6.07, 6.45) is 3.36. The number of aryl methyl sites for hydroxylation is 1. The standard InChI is InChI=1S/C14H16BrN3O/c1-10(11-6-4-5-7-12(11)15)18(3)14(19)13-8-17(2)9-16-13/h4-10H,1-3H3/t10-/m0/s1. The van der Waals surface area contributed by atoms with E-state index in [1.54, 1.807) is 29.0 Å². The Morgan fingerprint density at radius 3 is 2.68 bits per heavy atom. The van der Waals surface area contributed by atoms with Crippen LogP contribution in [0.3, 0.4) is 0 Å². The fourth-order valence-corrected chi connectivity index (χ4v) is 2.52. The lowest BCUT2D eigenvalue weighted by Gasteiger charge is -2.25. The number of amides is 1. The number of imidazole rings is 1. The lowest BCUT2D eigenvalue weighted by Crippen LogP contribution is -2.30. The Balaban J connectivity index is 2.22. The van der Waals surface area contributed by atoms with Crippen LogP contribution >= 0.6 is 15.9 Å². The van der Waals surface area contributed by atoms with E-state index in [1.807, 2.05) is 38.2 Å². The normalized spacial score (nSPS) is 12.2. The van der Waals surface area contributed by atoms with Gasteiger partial charge in [-0.3, -0.25) is 4.79 Å². The van der Waals surface area contributed by atoms with E-state index in [0.29, 0.717) is 5.69 Å². The molecule has 0 spiro atoms. The second-order valence-corrected chi connectivity index (χ2v) is 5.39. The van der Waals surface area contributed by atoms with E-state index < -0.39 is 0 Å². The first-order chi connectivity index (χ1) is 9.00. The predicted octanol–water partition coefficient (Wildman–Crippen LogP) is 3.02. The highest BCUT2D eigenvalue weighted by atomic mass is 79.9. The van der Waals surface area contributed by atoms with Crippen molar-refractivity contribution in [2.75, 3.05) is 7.05 Å². The van der Waals surface area contributed by atoms with E-state index in [0.717, 1.165) is 10.0 Å². The molecule has 0 unspecified atom stereocenters. The number of rotatable bonds is 3. The summed E-state index contributed by atoms with van der Waals surface area (Å²) < 4.78 is 2.77. The quantitative estimate of drug-likeness (QED) is 0.871. The zero-order valence-electron chi connectivity index (χ0n) is 11.2. The van der Waals surface area contributed by atoms with Gasteiger partial charge in [-0.15, -0.1) is 0 Å². The molecular weight excluding hydrogens is 306 g/mol. The molecule has 0 aliphatic carbocycles. The molecule has 0 aliphatic heterocycles. The lowest BCUT2D eigenvalue weighted by atomic mass is 10.1. The van der Waals surface area contributed by atoms with Crippen molar-refractivity contribution < 1.29 is 4.79 Å². The first kappa shape index (κ1) is 13.8. The summed E-state index contributed by atoms with van der Waals surface area (Å²) in [5.41, 5.74) is 1.54. The lowest BCUT2D eigenvalue weighted by molar-refractivity contribution is 0.0736. The van der Waals surface area contributed by atoms with E-state index in [2.05, 4.69) is 20.9 Å². The summed E-state index contributed by atoms with van der Waals surface area (Å²) in [5.74, 6) is -0.0798. The average molecular weight is 322 g/mol. The number of carbonyl (C=O) groups is 1. The van der Waals surface area contributed by atoms with Crippen LogP contribution in [0.5, 0.6) is 0 Å². The maximum absolute atomic E-state index is 12.3. The predicted molar refractivity (Wildman–Crippen MR) is 77.9 cm³/mol. The molecule has 1 heterocycles. The number of aromatic nitrogens is 2. The van der Waals surface area contributed by atoms with Crippen molar-refractivity contribution in [1.29, 1.82) is 0 Å².